The quantitative estimate of drug-likeness (QED) is 0.802. The minimum absolute atomic E-state index is 0.133. The van der Waals surface area contributed by atoms with Crippen LogP contribution in [0.15, 0.2) is 48.5 Å². The third-order valence-corrected chi connectivity index (χ3v) is 4.58. The van der Waals surface area contributed by atoms with Crippen molar-refractivity contribution >= 4 is 41.8 Å². The maximum absolute atomic E-state index is 12.2. The van der Waals surface area contributed by atoms with E-state index in [1.165, 1.54) is 0 Å². The van der Waals surface area contributed by atoms with Gasteiger partial charge < -0.3 is 4.57 Å². The lowest BCUT2D eigenvalue weighted by Gasteiger charge is -2.06. The number of halogens is 2. The number of carbonyl (C=O) groups is 1. The summed E-state index contributed by atoms with van der Waals surface area (Å²) in [6.45, 7) is 0. The van der Waals surface area contributed by atoms with Crippen LogP contribution in [0.2, 0.25) is 10.0 Å². The van der Waals surface area contributed by atoms with Gasteiger partial charge in [-0.25, -0.2) is 0 Å². The van der Waals surface area contributed by atoms with Crippen LogP contribution in [0.3, 0.4) is 0 Å². The van der Waals surface area contributed by atoms with E-state index in [2.05, 4.69) is 0 Å². The Balaban J connectivity index is 2.41. The second-order valence-electron chi connectivity index (χ2n) is 3.62. The number of hydrogen-bond donors (Lipinski definition) is 0. The molecule has 0 bridgehead atoms. The predicted octanol–water partition coefficient (Wildman–Crippen LogP) is 4.02. The van der Waals surface area contributed by atoms with Crippen LogP contribution < -0.4 is 5.30 Å². The molecule has 0 radical (unpaired) electrons. The smallest absolute Gasteiger partial charge is 0.225 e. The first-order valence-corrected chi connectivity index (χ1v) is 7.36. The third-order valence-electron chi connectivity index (χ3n) is 2.43. The molecule has 0 saturated heterocycles. The Labute approximate surface area is 115 Å². The maximum atomic E-state index is 12.2. The van der Waals surface area contributed by atoms with Crippen LogP contribution >= 0.6 is 31.0 Å². The lowest BCUT2D eigenvalue weighted by atomic mass is 10.2. The molecule has 92 valence electrons. The molecule has 2 nitrogen and oxygen atoms in total. The molecule has 1 unspecified atom stereocenters. The van der Waals surface area contributed by atoms with E-state index in [1.54, 1.807) is 48.5 Å². The molecule has 5 heteroatoms. The van der Waals surface area contributed by atoms with E-state index in [9.17, 15) is 9.36 Å². The van der Waals surface area contributed by atoms with Crippen LogP contribution in [0, 0.1) is 0 Å². The van der Waals surface area contributed by atoms with Gasteiger partial charge in [0.25, 0.3) is 0 Å². The van der Waals surface area contributed by atoms with Gasteiger partial charge in [-0.15, -0.1) is 0 Å². The SMILES string of the molecule is O=C(c1c(Cl)cccc1Cl)[PH](=O)c1ccccc1. The summed E-state index contributed by atoms with van der Waals surface area (Å²) in [4.78, 5) is 12.2. The van der Waals surface area contributed by atoms with Gasteiger partial charge in [0.2, 0.25) is 5.52 Å². The van der Waals surface area contributed by atoms with Gasteiger partial charge >= 0.3 is 0 Å². The van der Waals surface area contributed by atoms with Crippen molar-refractivity contribution in [1.82, 2.24) is 0 Å². The van der Waals surface area contributed by atoms with E-state index >= 15 is 0 Å². The number of rotatable bonds is 3. The molecule has 0 heterocycles. The topological polar surface area (TPSA) is 34.1 Å². The molecule has 0 N–H and O–H groups in total. The summed E-state index contributed by atoms with van der Waals surface area (Å²) in [6.07, 6.45) is 0. The van der Waals surface area contributed by atoms with Crippen LogP contribution in [0.25, 0.3) is 0 Å². The van der Waals surface area contributed by atoms with E-state index in [4.69, 9.17) is 23.2 Å². The van der Waals surface area contributed by atoms with Crippen LogP contribution in [0.1, 0.15) is 10.4 Å². The van der Waals surface area contributed by atoms with Crippen molar-refractivity contribution in [2.24, 2.45) is 0 Å². The second-order valence-corrected chi connectivity index (χ2v) is 6.13. The van der Waals surface area contributed by atoms with Gasteiger partial charge in [0.1, 0.15) is 0 Å². The van der Waals surface area contributed by atoms with Crippen molar-refractivity contribution in [2.75, 3.05) is 0 Å². The average Bonchev–Trinajstić information content (AvgIpc) is 2.38. The molecule has 2 rings (SSSR count). The summed E-state index contributed by atoms with van der Waals surface area (Å²) in [7, 11) is -2.60. The predicted molar refractivity (Wildman–Crippen MR) is 75.9 cm³/mol. The number of benzene rings is 2. The molecular formula is C13H9Cl2O2P. The van der Waals surface area contributed by atoms with Crippen LogP contribution in [0.4, 0.5) is 0 Å². The van der Waals surface area contributed by atoms with Gasteiger partial charge in [-0.3, -0.25) is 4.79 Å². The largest absolute Gasteiger partial charge is 0.313 e. The highest BCUT2D eigenvalue weighted by molar-refractivity contribution is 7.71. The summed E-state index contributed by atoms with van der Waals surface area (Å²) in [5, 5.41) is 0.951. The zero-order valence-electron chi connectivity index (χ0n) is 9.19. The summed E-state index contributed by atoms with van der Waals surface area (Å²) >= 11 is 11.9. The number of hydrogen-bond acceptors (Lipinski definition) is 2. The van der Waals surface area contributed by atoms with Crippen molar-refractivity contribution in [3.05, 3.63) is 64.1 Å². The fraction of sp³-hybridized carbons (Fsp3) is 0. The Hall–Kier alpha value is -1.08. The zero-order valence-corrected chi connectivity index (χ0v) is 11.7. The van der Waals surface area contributed by atoms with E-state index < -0.39 is 13.3 Å². The van der Waals surface area contributed by atoms with Gasteiger partial charge in [-0.1, -0.05) is 59.6 Å². The van der Waals surface area contributed by atoms with Gasteiger partial charge in [-0.05, 0) is 12.1 Å². The van der Waals surface area contributed by atoms with Gasteiger partial charge in [0.15, 0.2) is 7.80 Å². The van der Waals surface area contributed by atoms with E-state index in [0.29, 0.717) is 5.30 Å². The summed E-state index contributed by atoms with van der Waals surface area (Å²) < 4.78 is 12.2. The van der Waals surface area contributed by atoms with Crippen molar-refractivity contribution in [3.8, 4) is 0 Å². The molecule has 0 amide bonds. The minimum atomic E-state index is -2.60. The highest BCUT2D eigenvalue weighted by Crippen LogP contribution is 2.34. The highest BCUT2D eigenvalue weighted by Gasteiger charge is 2.21. The first-order valence-electron chi connectivity index (χ1n) is 5.19. The normalized spacial score (nSPS) is 12.1. The van der Waals surface area contributed by atoms with E-state index in [0.717, 1.165) is 0 Å². The molecule has 0 aliphatic rings. The molecular weight excluding hydrogens is 290 g/mol. The number of carbonyl (C=O) groups excluding carboxylic acids is 1. The van der Waals surface area contributed by atoms with Gasteiger partial charge in [0.05, 0.1) is 15.6 Å². The molecule has 18 heavy (non-hydrogen) atoms. The van der Waals surface area contributed by atoms with E-state index in [1.807, 2.05) is 0 Å². The van der Waals surface area contributed by atoms with Crippen LogP contribution in [-0.4, -0.2) is 5.52 Å². The molecule has 0 spiro atoms. The summed E-state index contributed by atoms with van der Waals surface area (Å²) in [5.74, 6) is 0. The van der Waals surface area contributed by atoms with Crippen LogP contribution in [0.5, 0.6) is 0 Å². The average molecular weight is 299 g/mol. The lowest BCUT2D eigenvalue weighted by Crippen LogP contribution is -2.04. The molecule has 0 aliphatic carbocycles. The summed E-state index contributed by atoms with van der Waals surface area (Å²) in [5.41, 5.74) is -0.379. The monoisotopic (exact) mass is 298 g/mol. The van der Waals surface area contributed by atoms with E-state index in [-0.39, 0.29) is 15.6 Å². The third kappa shape index (κ3) is 2.67. The minimum Gasteiger partial charge on any atom is -0.313 e. The fourth-order valence-corrected chi connectivity index (χ4v) is 3.53. The summed E-state index contributed by atoms with van der Waals surface area (Å²) in [6, 6.07) is 13.3. The molecule has 2 aromatic rings. The standard InChI is InChI=1S/C13H9Cl2O2P/c14-10-7-4-8-11(15)12(10)13(16)18(17)9-5-2-1-3-6-9/h1-8,18H. The van der Waals surface area contributed by atoms with Crippen molar-refractivity contribution in [3.63, 3.8) is 0 Å². The molecule has 0 saturated carbocycles. The maximum Gasteiger partial charge on any atom is 0.225 e. The molecule has 0 aliphatic heterocycles. The molecule has 0 fully saturated rings. The first-order chi connectivity index (χ1) is 8.61. The molecule has 2 aromatic carbocycles. The van der Waals surface area contributed by atoms with Crippen LogP contribution in [-0.2, 0) is 4.57 Å². The lowest BCUT2D eigenvalue weighted by molar-refractivity contribution is 0.108. The molecule has 1 atom stereocenters. The van der Waals surface area contributed by atoms with Crippen molar-refractivity contribution in [1.29, 1.82) is 0 Å². The Kier molecular flexibility index (Phi) is 4.23. The van der Waals surface area contributed by atoms with Crippen molar-refractivity contribution in [2.45, 2.75) is 0 Å². The van der Waals surface area contributed by atoms with Gasteiger partial charge in [0, 0.05) is 5.30 Å². The highest BCUT2D eigenvalue weighted by atomic mass is 35.5. The first kappa shape index (κ1) is 13.4. The second kappa shape index (κ2) is 5.71. The Morgan fingerprint density at radius 3 is 2.00 bits per heavy atom. The van der Waals surface area contributed by atoms with Crippen molar-refractivity contribution < 1.29 is 9.36 Å². The van der Waals surface area contributed by atoms with Gasteiger partial charge in [-0.2, -0.15) is 0 Å². The zero-order chi connectivity index (χ0) is 13.1. The molecule has 0 aromatic heterocycles. The Bertz CT molecular complexity index is 591. The Morgan fingerprint density at radius 2 is 1.44 bits per heavy atom. The Morgan fingerprint density at radius 1 is 0.889 bits per heavy atom. The fourth-order valence-electron chi connectivity index (χ4n) is 1.55.